The Labute approximate surface area is 184 Å². The molecule has 2 heterocycles. The topological polar surface area (TPSA) is 103 Å². The average Bonchev–Trinajstić information content (AvgIpc) is 2.74. The minimum absolute atomic E-state index is 0.106. The Hall–Kier alpha value is -3.46. The largest absolute Gasteiger partial charge is 0.368 e. The molecule has 0 radical (unpaired) electrons. The van der Waals surface area contributed by atoms with Gasteiger partial charge in [-0.15, -0.1) is 0 Å². The van der Waals surface area contributed by atoms with Gasteiger partial charge in [-0.1, -0.05) is 36.0 Å². The van der Waals surface area contributed by atoms with Gasteiger partial charge in [0.15, 0.2) is 5.16 Å². The van der Waals surface area contributed by atoms with Gasteiger partial charge in [0.05, 0.1) is 22.3 Å². The third-order valence-electron chi connectivity index (χ3n) is 4.77. The van der Waals surface area contributed by atoms with Crippen molar-refractivity contribution in [2.24, 2.45) is 0 Å². The highest BCUT2D eigenvalue weighted by molar-refractivity contribution is 7.98. The maximum absolute atomic E-state index is 13.5. The Morgan fingerprint density at radius 1 is 1.03 bits per heavy atom. The van der Waals surface area contributed by atoms with Gasteiger partial charge < -0.3 is 10.6 Å². The quantitative estimate of drug-likeness (QED) is 0.378. The number of nitrogens with two attached hydrogens (primary N) is 1. The van der Waals surface area contributed by atoms with E-state index in [9.17, 15) is 4.79 Å². The second-order valence-electron chi connectivity index (χ2n) is 7.43. The van der Waals surface area contributed by atoms with E-state index < -0.39 is 0 Å². The lowest BCUT2D eigenvalue weighted by Gasteiger charge is -2.16. The molecule has 0 saturated carbocycles. The Balaban J connectivity index is 1.84. The summed E-state index contributed by atoms with van der Waals surface area (Å²) >= 11 is 1.39. The summed E-state index contributed by atoms with van der Waals surface area (Å²) in [6.07, 6.45) is 0. The van der Waals surface area contributed by atoms with Gasteiger partial charge >= 0.3 is 0 Å². The molecule has 0 saturated heterocycles. The van der Waals surface area contributed by atoms with Crippen LogP contribution in [-0.4, -0.2) is 38.6 Å². The van der Waals surface area contributed by atoms with Crippen molar-refractivity contribution in [3.63, 3.8) is 0 Å². The number of thioether (sulfide) groups is 1. The summed E-state index contributed by atoms with van der Waals surface area (Å²) in [7, 11) is 3.68. The van der Waals surface area contributed by atoms with E-state index in [0.717, 1.165) is 16.8 Å². The monoisotopic (exact) mass is 433 g/mol. The number of hydrogen-bond acceptors (Lipinski definition) is 8. The van der Waals surface area contributed by atoms with E-state index in [4.69, 9.17) is 10.7 Å². The molecule has 31 heavy (non-hydrogen) atoms. The van der Waals surface area contributed by atoms with Crippen LogP contribution >= 0.6 is 11.8 Å². The fourth-order valence-electron chi connectivity index (χ4n) is 3.20. The molecule has 0 spiro atoms. The zero-order chi connectivity index (χ0) is 22.1. The Kier molecular flexibility index (Phi) is 5.60. The van der Waals surface area contributed by atoms with Crippen LogP contribution in [0.2, 0.25) is 0 Å². The smallest absolute Gasteiger partial charge is 0.266 e. The van der Waals surface area contributed by atoms with E-state index in [2.05, 4.69) is 15.0 Å². The summed E-state index contributed by atoms with van der Waals surface area (Å²) in [6, 6.07) is 13.4. The van der Waals surface area contributed by atoms with Gasteiger partial charge in [0.1, 0.15) is 5.82 Å². The minimum atomic E-state index is -0.106. The van der Waals surface area contributed by atoms with Crippen molar-refractivity contribution in [1.29, 1.82) is 0 Å². The Morgan fingerprint density at radius 3 is 2.58 bits per heavy atom. The van der Waals surface area contributed by atoms with Crippen molar-refractivity contribution in [3.05, 3.63) is 69.8 Å². The highest BCUT2D eigenvalue weighted by atomic mass is 32.2. The number of para-hydroxylation sites is 1. The van der Waals surface area contributed by atoms with Gasteiger partial charge in [0.25, 0.3) is 5.56 Å². The highest BCUT2D eigenvalue weighted by Crippen LogP contribution is 2.26. The molecule has 4 rings (SSSR count). The van der Waals surface area contributed by atoms with Crippen LogP contribution in [0.4, 0.5) is 11.9 Å². The Morgan fingerprint density at radius 2 is 1.81 bits per heavy atom. The lowest BCUT2D eigenvalue weighted by atomic mass is 10.1. The number of aryl methyl sites for hydroxylation is 2. The summed E-state index contributed by atoms with van der Waals surface area (Å²) in [5.41, 5.74) is 9.27. The molecule has 8 nitrogen and oxygen atoms in total. The zero-order valence-corrected chi connectivity index (χ0v) is 18.6. The van der Waals surface area contributed by atoms with E-state index in [1.807, 2.05) is 64.3 Å². The summed E-state index contributed by atoms with van der Waals surface area (Å²) in [5, 5.41) is 1.15. The maximum Gasteiger partial charge on any atom is 0.266 e. The molecular weight excluding hydrogens is 410 g/mol. The van der Waals surface area contributed by atoms with Crippen LogP contribution < -0.4 is 16.2 Å². The first-order chi connectivity index (χ1) is 14.8. The number of fused-ring (bicyclic) bond motifs is 1. The third kappa shape index (κ3) is 4.22. The predicted molar refractivity (Wildman–Crippen MR) is 125 cm³/mol. The molecule has 0 unspecified atom stereocenters. The molecule has 0 bridgehead atoms. The first-order valence-corrected chi connectivity index (χ1v) is 10.7. The summed E-state index contributed by atoms with van der Waals surface area (Å²) in [6.45, 7) is 3.99. The van der Waals surface area contributed by atoms with E-state index in [1.54, 1.807) is 15.5 Å². The minimum Gasteiger partial charge on any atom is -0.368 e. The van der Waals surface area contributed by atoms with Crippen LogP contribution in [0, 0.1) is 13.8 Å². The van der Waals surface area contributed by atoms with Crippen LogP contribution in [-0.2, 0) is 5.75 Å². The predicted octanol–water partition coefficient (Wildman–Crippen LogP) is 3.13. The molecule has 4 aromatic rings. The van der Waals surface area contributed by atoms with Gasteiger partial charge in [-0.05, 0) is 43.2 Å². The number of nitrogen functional groups attached to an aromatic ring is 1. The van der Waals surface area contributed by atoms with Crippen molar-refractivity contribution in [2.75, 3.05) is 24.7 Å². The van der Waals surface area contributed by atoms with Gasteiger partial charge in [0, 0.05) is 14.1 Å². The third-order valence-corrected chi connectivity index (χ3v) is 5.70. The Bertz CT molecular complexity index is 1330. The molecule has 158 valence electrons. The van der Waals surface area contributed by atoms with E-state index in [1.165, 1.54) is 11.8 Å². The van der Waals surface area contributed by atoms with Crippen molar-refractivity contribution < 1.29 is 0 Å². The number of hydrogen-bond donors (Lipinski definition) is 1. The van der Waals surface area contributed by atoms with Crippen molar-refractivity contribution in [1.82, 2.24) is 24.5 Å². The molecule has 2 aromatic carbocycles. The van der Waals surface area contributed by atoms with E-state index in [0.29, 0.717) is 33.6 Å². The molecule has 0 aliphatic rings. The van der Waals surface area contributed by atoms with Crippen LogP contribution in [0.5, 0.6) is 0 Å². The van der Waals surface area contributed by atoms with Gasteiger partial charge in [-0.2, -0.15) is 15.0 Å². The fourth-order valence-corrected chi connectivity index (χ4v) is 4.06. The summed E-state index contributed by atoms with van der Waals surface area (Å²) < 4.78 is 1.67. The number of anilines is 2. The standard InChI is InChI=1S/C22H23N7OS/c1-13-9-10-14(2)17(11-13)29-19(30)15-7-5-6-8-16(15)24-22(29)31-12-18-25-20(23)27-21(26-18)28(3)4/h5-11H,12H2,1-4H3,(H2,23,25,26,27). The lowest BCUT2D eigenvalue weighted by molar-refractivity contribution is 0.811. The number of rotatable bonds is 5. The molecule has 2 aromatic heterocycles. The normalized spacial score (nSPS) is 11.1. The van der Waals surface area contributed by atoms with Crippen molar-refractivity contribution in [2.45, 2.75) is 24.8 Å². The number of aromatic nitrogens is 5. The SMILES string of the molecule is Cc1ccc(C)c(-n2c(SCc3nc(N)nc(N(C)C)n3)nc3ccccc3c2=O)c1. The molecule has 0 aliphatic carbocycles. The lowest BCUT2D eigenvalue weighted by Crippen LogP contribution is -2.22. The van der Waals surface area contributed by atoms with Crippen molar-refractivity contribution >= 4 is 34.6 Å². The highest BCUT2D eigenvalue weighted by Gasteiger charge is 2.16. The van der Waals surface area contributed by atoms with Crippen LogP contribution in [0.3, 0.4) is 0 Å². The molecular formula is C22H23N7OS. The van der Waals surface area contributed by atoms with Gasteiger partial charge in [-0.25, -0.2) is 4.98 Å². The van der Waals surface area contributed by atoms with E-state index >= 15 is 0 Å². The molecule has 9 heteroatoms. The maximum atomic E-state index is 13.5. The number of nitrogens with zero attached hydrogens (tertiary/aromatic N) is 6. The molecule has 2 N–H and O–H groups in total. The zero-order valence-electron chi connectivity index (χ0n) is 17.8. The summed E-state index contributed by atoms with van der Waals surface area (Å²) in [4.78, 5) is 32.9. The second-order valence-corrected chi connectivity index (χ2v) is 8.38. The molecule has 0 atom stereocenters. The average molecular weight is 434 g/mol. The first-order valence-electron chi connectivity index (χ1n) is 9.73. The van der Waals surface area contributed by atoms with E-state index in [-0.39, 0.29) is 11.5 Å². The van der Waals surface area contributed by atoms with Gasteiger partial charge in [-0.3, -0.25) is 9.36 Å². The van der Waals surface area contributed by atoms with Gasteiger partial charge in [0.2, 0.25) is 11.9 Å². The first kappa shape index (κ1) is 20.8. The second kappa shape index (κ2) is 8.35. The molecule has 0 amide bonds. The molecule has 0 fully saturated rings. The summed E-state index contributed by atoms with van der Waals surface area (Å²) in [5.74, 6) is 1.56. The number of benzene rings is 2. The van der Waals surface area contributed by atoms with Crippen LogP contribution in [0.15, 0.2) is 52.4 Å². The fraction of sp³-hybridized carbons (Fsp3) is 0.227. The molecule has 0 aliphatic heterocycles. The van der Waals surface area contributed by atoms with Crippen LogP contribution in [0.1, 0.15) is 17.0 Å². The van der Waals surface area contributed by atoms with Crippen molar-refractivity contribution in [3.8, 4) is 5.69 Å². The van der Waals surface area contributed by atoms with Crippen LogP contribution in [0.25, 0.3) is 16.6 Å².